The maximum absolute atomic E-state index is 12.7. The predicted molar refractivity (Wildman–Crippen MR) is 97.6 cm³/mol. The second-order valence-electron chi connectivity index (χ2n) is 5.54. The van der Waals surface area contributed by atoms with Gasteiger partial charge < -0.3 is 10.1 Å². The number of sulfonamides is 1. The van der Waals surface area contributed by atoms with E-state index in [1.807, 2.05) is 26.0 Å². The van der Waals surface area contributed by atoms with E-state index in [1.165, 1.54) is 25.3 Å². The Hall–Kier alpha value is -2.54. The number of methoxy groups -OCH3 is 1. The zero-order chi connectivity index (χ0) is 18.4. The first-order valence-electron chi connectivity index (χ1n) is 7.93. The number of anilines is 1. The van der Waals surface area contributed by atoms with Gasteiger partial charge in [0, 0.05) is 6.54 Å². The highest BCUT2D eigenvalue weighted by atomic mass is 32.2. The van der Waals surface area contributed by atoms with E-state index in [0.717, 1.165) is 12.0 Å². The molecule has 1 amide bonds. The number of hydrogen-bond acceptors (Lipinski definition) is 4. The fraction of sp³-hybridized carbons (Fsp3) is 0.278. The van der Waals surface area contributed by atoms with E-state index in [2.05, 4.69) is 10.0 Å². The number of hydrogen-bond donors (Lipinski definition) is 2. The van der Waals surface area contributed by atoms with Crippen molar-refractivity contribution in [1.82, 2.24) is 5.32 Å². The van der Waals surface area contributed by atoms with Crippen molar-refractivity contribution in [3.63, 3.8) is 0 Å². The Morgan fingerprint density at radius 2 is 1.88 bits per heavy atom. The van der Waals surface area contributed by atoms with Crippen molar-refractivity contribution < 1.29 is 17.9 Å². The Labute approximate surface area is 148 Å². The highest BCUT2D eigenvalue weighted by molar-refractivity contribution is 7.92. The summed E-state index contributed by atoms with van der Waals surface area (Å²) in [5.41, 5.74) is 1.49. The van der Waals surface area contributed by atoms with Gasteiger partial charge in [-0.25, -0.2) is 8.42 Å². The monoisotopic (exact) mass is 362 g/mol. The summed E-state index contributed by atoms with van der Waals surface area (Å²) in [6.07, 6.45) is 0.779. The average molecular weight is 362 g/mol. The lowest BCUT2D eigenvalue weighted by Gasteiger charge is -2.13. The normalized spacial score (nSPS) is 11.0. The molecule has 0 aliphatic carbocycles. The van der Waals surface area contributed by atoms with Crippen molar-refractivity contribution in [1.29, 1.82) is 0 Å². The maximum Gasteiger partial charge on any atom is 0.261 e. The van der Waals surface area contributed by atoms with Crippen LogP contribution in [-0.4, -0.2) is 28.0 Å². The van der Waals surface area contributed by atoms with Crippen molar-refractivity contribution in [2.75, 3.05) is 18.4 Å². The third-order valence-corrected chi connectivity index (χ3v) is 5.01. The van der Waals surface area contributed by atoms with Gasteiger partial charge in [-0.3, -0.25) is 9.52 Å². The van der Waals surface area contributed by atoms with Crippen LogP contribution in [0.2, 0.25) is 0 Å². The molecule has 0 aliphatic rings. The Balaban J connectivity index is 2.38. The molecule has 0 aromatic heterocycles. The fourth-order valence-electron chi connectivity index (χ4n) is 2.26. The van der Waals surface area contributed by atoms with Gasteiger partial charge in [-0.15, -0.1) is 0 Å². The molecule has 25 heavy (non-hydrogen) atoms. The molecule has 134 valence electrons. The first-order valence-corrected chi connectivity index (χ1v) is 9.42. The molecule has 7 heteroatoms. The van der Waals surface area contributed by atoms with Crippen molar-refractivity contribution in [3.8, 4) is 5.75 Å². The van der Waals surface area contributed by atoms with Crippen LogP contribution in [-0.2, 0) is 10.0 Å². The van der Waals surface area contributed by atoms with E-state index < -0.39 is 10.0 Å². The quantitative estimate of drug-likeness (QED) is 0.793. The van der Waals surface area contributed by atoms with Crippen LogP contribution in [0.4, 0.5) is 5.69 Å². The molecule has 0 bridgehead atoms. The van der Waals surface area contributed by atoms with E-state index >= 15 is 0 Å². The molecule has 2 aromatic rings. The van der Waals surface area contributed by atoms with Gasteiger partial charge >= 0.3 is 0 Å². The Kier molecular flexibility index (Phi) is 6.03. The Morgan fingerprint density at radius 1 is 1.16 bits per heavy atom. The third-order valence-electron chi connectivity index (χ3n) is 3.65. The number of carbonyl (C=O) groups is 1. The molecule has 0 spiro atoms. The highest BCUT2D eigenvalue weighted by Gasteiger charge is 2.20. The molecule has 6 nitrogen and oxygen atoms in total. The van der Waals surface area contributed by atoms with E-state index in [0.29, 0.717) is 18.0 Å². The average Bonchev–Trinajstić information content (AvgIpc) is 2.60. The summed E-state index contributed by atoms with van der Waals surface area (Å²) in [5.74, 6) is -0.0462. The van der Waals surface area contributed by atoms with E-state index in [4.69, 9.17) is 4.74 Å². The highest BCUT2D eigenvalue weighted by Crippen LogP contribution is 2.25. The number of ether oxygens (including phenoxy) is 1. The van der Waals surface area contributed by atoms with Crippen molar-refractivity contribution in [2.24, 2.45) is 0 Å². The second kappa shape index (κ2) is 8.02. The van der Waals surface area contributed by atoms with Crippen molar-refractivity contribution >= 4 is 21.6 Å². The van der Waals surface area contributed by atoms with Crippen LogP contribution >= 0.6 is 0 Å². The topological polar surface area (TPSA) is 84.5 Å². The van der Waals surface area contributed by atoms with Gasteiger partial charge in [0.15, 0.2) is 0 Å². The minimum absolute atomic E-state index is 0.00167. The third kappa shape index (κ3) is 4.51. The van der Waals surface area contributed by atoms with Crippen molar-refractivity contribution in [3.05, 3.63) is 53.6 Å². The molecule has 2 aromatic carbocycles. The summed E-state index contributed by atoms with van der Waals surface area (Å²) in [5, 5.41) is 2.73. The number of nitrogens with one attached hydrogen (secondary N) is 2. The van der Waals surface area contributed by atoms with Crippen LogP contribution in [0.1, 0.15) is 29.3 Å². The molecule has 0 saturated heterocycles. The molecule has 0 fully saturated rings. The zero-order valence-electron chi connectivity index (χ0n) is 14.5. The summed E-state index contributed by atoms with van der Waals surface area (Å²) < 4.78 is 33.0. The minimum atomic E-state index is -3.82. The Morgan fingerprint density at radius 3 is 2.52 bits per heavy atom. The molecule has 0 aliphatic heterocycles. The molecule has 0 atom stereocenters. The molecular formula is C18H22N2O4S. The van der Waals surface area contributed by atoms with Gasteiger partial charge in [0.1, 0.15) is 5.75 Å². The number of benzene rings is 2. The summed E-state index contributed by atoms with van der Waals surface area (Å²) in [7, 11) is -2.39. The van der Waals surface area contributed by atoms with Gasteiger partial charge in [0.25, 0.3) is 15.9 Å². The number of amides is 1. The second-order valence-corrected chi connectivity index (χ2v) is 7.22. The summed E-state index contributed by atoms with van der Waals surface area (Å²) >= 11 is 0. The maximum atomic E-state index is 12.7. The first kappa shape index (κ1) is 18.8. The number of para-hydroxylation sites is 1. The molecular weight excluding hydrogens is 340 g/mol. The summed E-state index contributed by atoms with van der Waals surface area (Å²) in [4.78, 5) is 12.3. The van der Waals surface area contributed by atoms with Gasteiger partial charge in [0.2, 0.25) is 0 Å². The van der Waals surface area contributed by atoms with Crippen LogP contribution < -0.4 is 14.8 Å². The predicted octanol–water partition coefficient (Wildman–Crippen LogP) is 2.94. The zero-order valence-corrected chi connectivity index (χ0v) is 15.3. The van der Waals surface area contributed by atoms with Crippen LogP contribution in [0.15, 0.2) is 47.4 Å². The molecule has 2 rings (SSSR count). The minimum Gasteiger partial charge on any atom is -0.496 e. The lowest BCUT2D eigenvalue weighted by molar-refractivity contribution is 0.0950. The van der Waals surface area contributed by atoms with E-state index in [9.17, 15) is 13.2 Å². The fourth-order valence-corrected chi connectivity index (χ4v) is 3.41. The summed E-state index contributed by atoms with van der Waals surface area (Å²) in [6.45, 7) is 4.25. The summed E-state index contributed by atoms with van der Waals surface area (Å²) in [6, 6.07) is 11.3. The first-order chi connectivity index (χ1) is 11.9. The van der Waals surface area contributed by atoms with E-state index in [-0.39, 0.29) is 16.4 Å². The van der Waals surface area contributed by atoms with Gasteiger partial charge in [-0.2, -0.15) is 0 Å². The lowest BCUT2D eigenvalue weighted by atomic mass is 10.2. The molecule has 0 heterocycles. The molecule has 0 saturated carbocycles. The SMILES string of the molecule is CCCNC(=O)c1cc(S(=O)(=O)Nc2ccccc2C)ccc1OC. The van der Waals surface area contributed by atoms with Gasteiger partial charge in [-0.1, -0.05) is 25.1 Å². The standard InChI is InChI=1S/C18H22N2O4S/c1-4-11-19-18(21)15-12-14(9-10-17(15)24-3)25(22,23)20-16-8-6-5-7-13(16)2/h5-10,12,20H,4,11H2,1-3H3,(H,19,21). The Bertz CT molecular complexity index is 863. The smallest absolute Gasteiger partial charge is 0.261 e. The van der Waals surface area contributed by atoms with Crippen LogP contribution in [0, 0.1) is 6.92 Å². The molecule has 0 radical (unpaired) electrons. The lowest BCUT2D eigenvalue weighted by Crippen LogP contribution is -2.25. The number of rotatable bonds is 7. The number of aryl methyl sites for hydroxylation is 1. The molecule has 0 unspecified atom stereocenters. The largest absolute Gasteiger partial charge is 0.496 e. The number of carbonyl (C=O) groups excluding carboxylic acids is 1. The van der Waals surface area contributed by atoms with Crippen LogP contribution in [0.5, 0.6) is 5.75 Å². The van der Waals surface area contributed by atoms with Crippen molar-refractivity contribution in [2.45, 2.75) is 25.2 Å². The van der Waals surface area contributed by atoms with Gasteiger partial charge in [0.05, 0.1) is 23.3 Å². The molecule has 2 N–H and O–H groups in total. The van der Waals surface area contributed by atoms with Gasteiger partial charge in [-0.05, 0) is 43.2 Å². The van der Waals surface area contributed by atoms with E-state index in [1.54, 1.807) is 12.1 Å². The van der Waals surface area contributed by atoms with Crippen LogP contribution in [0.3, 0.4) is 0 Å². The van der Waals surface area contributed by atoms with Crippen LogP contribution in [0.25, 0.3) is 0 Å².